The molecule has 4 aromatic rings. The first-order valence-corrected chi connectivity index (χ1v) is 13.4. The number of aromatic amines is 1. The number of carbonyl (C=O) groups is 3. The lowest BCUT2D eigenvalue weighted by molar-refractivity contribution is -0.151. The molecular formula is C32H26F3N3O4. The average molecular weight is 574 g/mol. The first-order chi connectivity index (χ1) is 20.1. The van der Waals surface area contributed by atoms with Crippen LogP contribution in [0.2, 0.25) is 0 Å². The number of benzene rings is 3. The second kappa shape index (κ2) is 10.3. The number of likely N-dealkylation sites (tertiary alicyclic amines) is 1. The summed E-state index contributed by atoms with van der Waals surface area (Å²) in [6.07, 6.45) is 0.223. The van der Waals surface area contributed by atoms with Gasteiger partial charge >= 0.3 is 12.1 Å². The highest BCUT2D eigenvalue weighted by Gasteiger charge is 2.68. The molecule has 0 saturated carbocycles. The Labute approximate surface area is 238 Å². The lowest BCUT2D eigenvalue weighted by Gasteiger charge is -2.31. The van der Waals surface area contributed by atoms with Gasteiger partial charge in [-0.3, -0.25) is 24.6 Å². The van der Waals surface area contributed by atoms with Crippen LogP contribution < -0.4 is 5.32 Å². The molecule has 6 rings (SSSR count). The SMILES string of the molecule is O=C1C2C(c3cccc(C(F)(F)F)c3)NC(Cc3c[nH]c4ccccc34)(C(=O)O)C2C(=O)N1C/C=C\c1ccccc1. The fourth-order valence-electron chi connectivity index (χ4n) is 6.31. The topological polar surface area (TPSA) is 102 Å². The lowest BCUT2D eigenvalue weighted by Crippen LogP contribution is -2.57. The first kappa shape index (κ1) is 27.5. The number of hydrogen-bond donors (Lipinski definition) is 3. The molecule has 3 aromatic carbocycles. The average Bonchev–Trinajstić information content (AvgIpc) is 3.62. The number of amides is 2. The molecule has 2 aliphatic heterocycles. The number of para-hydroxylation sites is 1. The number of nitrogens with one attached hydrogen (secondary N) is 2. The molecule has 42 heavy (non-hydrogen) atoms. The van der Waals surface area contributed by atoms with E-state index in [1.807, 2.05) is 48.5 Å². The van der Waals surface area contributed by atoms with Crippen LogP contribution in [0.3, 0.4) is 0 Å². The van der Waals surface area contributed by atoms with Crippen molar-refractivity contribution in [1.82, 2.24) is 15.2 Å². The molecule has 214 valence electrons. The molecule has 3 N–H and O–H groups in total. The zero-order valence-electron chi connectivity index (χ0n) is 22.1. The normalized spacial score (nSPS) is 24.2. The van der Waals surface area contributed by atoms with E-state index in [1.165, 1.54) is 12.1 Å². The van der Waals surface area contributed by atoms with Crippen molar-refractivity contribution in [2.45, 2.75) is 24.2 Å². The molecule has 10 heteroatoms. The molecule has 0 spiro atoms. The molecule has 0 bridgehead atoms. The molecule has 1 aromatic heterocycles. The summed E-state index contributed by atoms with van der Waals surface area (Å²) in [7, 11) is 0. The molecule has 2 amide bonds. The maximum absolute atomic E-state index is 13.9. The number of fused-ring (bicyclic) bond motifs is 2. The summed E-state index contributed by atoms with van der Waals surface area (Å²) in [4.78, 5) is 45.0. The number of hydrogen-bond acceptors (Lipinski definition) is 4. The number of rotatable bonds is 7. The van der Waals surface area contributed by atoms with Crippen molar-refractivity contribution < 1.29 is 32.7 Å². The maximum Gasteiger partial charge on any atom is 0.416 e. The number of imide groups is 1. The third-order valence-corrected chi connectivity index (χ3v) is 8.24. The number of halogens is 3. The van der Waals surface area contributed by atoms with Crippen molar-refractivity contribution in [1.29, 1.82) is 0 Å². The van der Waals surface area contributed by atoms with Gasteiger partial charge in [-0.2, -0.15) is 13.2 Å². The number of alkyl halides is 3. The molecule has 3 heterocycles. The zero-order chi connectivity index (χ0) is 29.6. The van der Waals surface area contributed by atoms with E-state index in [1.54, 1.807) is 24.4 Å². The van der Waals surface area contributed by atoms with Crippen LogP contribution in [0.25, 0.3) is 17.0 Å². The van der Waals surface area contributed by atoms with Gasteiger partial charge in [0.2, 0.25) is 11.8 Å². The Kier molecular flexibility index (Phi) is 6.73. The van der Waals surface area contributed by atoms with E-state index in [0.717, 1.165) is 33.5 Å². The molecule has 4 unspecified atom stereocenters. The van der Waals surface area contributed by atoms with E-state index in [-0.39, 0.29) is 18.5 Å². The van der Waals surface area contributed by atoms with Crippen LogP contribution in [0, 0.1) is 11.8 Å². The molecule has 2 fully saturated rings. The van der Waals surface area contributed by atoms with Crippen molar-refractivity contribution in [3.05, 3.63) is 113 Å². The molecule has 0 radical (unpaired) electrons. The van der Waals surface area contributed by atoms with Gasteiger partial charge in [0.05, 0.1) is 17.4 Å². The lowest BCUT2D eigenvalue weighted by atomic mass is 9.76. The fraction of sp³-hybridized carbons (Fsp3) is 0.219. The van der Waals surface area contributed by atoms with Gasteiger partial charge < -0.3 is 10.1 Å². The highest BCUT2D eigenvalue weighted by Crippen LogP contribution is 2.50. The van der Waals surface area contributed by atoms with Crippen molar-refractivity contribution >= 4 is 34.8 Å². The first-order valence-electron chi connectivity index (χ1n) is 13.4. The highest BCUT2D eigenvalue weighted by atomic mass is 19.4. The van der Waals surface area contributed by atoms with E-state index in [4.69, 9.17) is 0 Å². The number of aromatic nitrogens is 1. The summed E-state index contributed by atoms with van der Waals surface area (Å²) < 4.78 is 40.9. The maximum atomic E-state index is 13.9. The summed E-state index contributed by atoms with van der Waals surface area (Å²) in [6, 6.07) is 19.8. The summed E-state index contributed by atoms with van der Waals surface area (Å²) in [5, 5.41) is 14.4. The van der Waals surface area contributed by atoms with Crippen LogP contribution in [-0.2, 0) is 27.0 Å². The minimum Gasteiger partial charge on any atom is -0.480 e. The van der Waals surface area contributed by atoms with Gasteiger partial charge in [-0.15, -0.1) is 0 Å². The van der Waals surface area contributed by atoms with Crippen LogP contribution in [-0.4, -0.2) is 44.9 Å². The van der Waals surface area contributed by atoms with Gasteiger partial charge in [0.15, 0.2) is 0 Å². The van der Waals surface area contributed by atoms with Gasteiger partial charge in [-0.1, -0.05) is 72.8 Å². The van der Waals surface area contributed by atoms with Crippen molar-refractivity contribution in [2.24, 2.45) is 11.8 Å². The molecule has 0 aliphatic carbocycles. The standard InChI is InChI=1S/C32H26F3N3O4/c33-32(34,35)22-12-6-11-20(16-22)27-25-26(29(40)38(28(25)39)15-7-10-19-8-2-1-3-9-19)31(37-27,30(41)42)17-21-18-36-24-14-5-4-13-23(21)24/h1-14,16,18,25-27,36-37H,15,17H2,(H,41,42)/b10-7-. The van der Waals surface area contributed by atoms with Gasteiger partial charge in [0, 0.05) is 36.1 Å². The highest BCUT2D eigenvalue weighted by molar-refractivity contribution is 6.09. The largest absolute Gasteiger partial charge is 0.480 e. The molecule has 7 nitrogen and oxygen atoms in total. The number of carbonyl (C=O) groups excluding carboxylic acids is 2. The molecule has 2 saturated heterocycles. The fourth-order valence-corrected chi connectivity index (χ4v) is 6.31. The number of nitrogens with zero attached hydrogens (tertiary/aromatic N) is 1. The predicted octanol–water partition coefficient (Wildman–Crippen LogP) is 5.21. The van der Waals surface area contributed by atoms with Gasteiger partial charge in [0.1, 0.15) is 5.54 Å². The number of aliphatic carboxylic acids is 1. The van der Waals surface area contributed by atoms with Gasteiger partial charge in [0.25, 0.3) is 0 Å². The van der Waals surface area contributed by atoms with E-state index in [2.05, 4.69) is 10.3 Å². The summed E-state index contributed by atoms with van der Waals surface area (Å²) in [6.45, 7) is -0.0995. The Morgan fingerprint density at radius 2 is 1.71 bits per heavy atom. The van der Waals surface area contributed by atoms with Crippen LogP contribution in [0.4, 0.5) is 13.2 Å². The third kappa shape index (κ3) is 4.57. The monoisotopic (exact) mass is 573 g/mol. The third-order valence-electron chi connectivity index (χ3n) is 8.24. The van der Waals surface area contributed by atoms with Crippen molar-refractivity contribution in [3.63, 3.8) is 0 Å². The van der Waals surface area contributed by atoms with E-state index in [0.29, 0.717) is 5.56 Å². The van der Waals surface area contributed by atoms with Crippen LogP contribution in [0.15, 0.2) is 91.1 Å². The van der Waals surface area contributed by atoms with Gasteiger partial charge in [-0.05, 0) is 34.9 Å². The molecule has 2 aliphatic rings. The van der Waals surface area contributed by atoms with E-state index >= 15 is 0 Å². The van der Waals surface area contributed by atoms with Crippen LogP contribution in [0.1, 0.15) is 28.3 Å². The van der Waals surface area contributed by atoms with Crippen molar-refractivity contribution in [2.75, 3.05) is 6.54 Å². The summed E-state index contributed by atoms with van der Waals surface area (Å²) in [5.41, 5.74) is -0.587. The Morgan fingerprint density at radius 3 is 2.45 bits per heavy atom. The predicted molar refractivity (Wildman–Crippen MR) is 149 cm³/mol. The minimum atomic E-state index is -4.65. The quantitative estimate of drug-likeness (QED) is 0.264. The zero-order valence-corrected chi connectivity index (χ0v) is 22.1. The Morgan fingerprint density at radius 1 is 0.976 bits per heavy atom. The summed E-state index contributed by atoms with van der Waals surface area (Å²) in [5.74, 6) is -5.22. The number of H-pyrrole nitrogens is 1. The van der Waals surface area contributed by atoms with Crippen LogP contribution in [0.5, 0.6) is 0 Å². The molecule has 4 atom stereocenters. The second-order valence-electron chi connectivity index (χ2n) is 10.7. The Balaban J connectivity index is 1.43. The minimum absolute atomic E-state index is 0.0877. The summed E-state index contributed by atoms with van der Waals surface area (Å²) >= 11 is 0. The van der Waals surface area contributed by atoms with E-state index in [9.17, 15) is 32.7 Å². The van der Waals surface area contributed by atoms with E-state index < -0.39 is 52.9 Å². The Bertz CT molecular complexity index is 1710. The van der Waals surface area contributed by atoms with Crippen LogP contribution >= 0.6 is 0 Å². The Hall–Kier alpha value is -4.70. The smallest absolute Gasteiger partial charge is 0.416 e. The van der Waals surface area contributed by atoms with Crippen molar-refractivity contribution in [3.8, 4) is 0 Å². The molecular weight excluding hydrogens is 547 g/mol. The second-order valence-corrected chi connectivity index (χ2v) is 10.7. The van der Waals surface area contributed by atoms with Gasteiger partial charge in [-0.25, -0.2) is 0 Å². The number of carboxylic acids is 1. The number of carboxylic acid groups (broad SMARTS) is 1.